The molecule has 5 nitrogen and oxygen atoms in total. The number of hydrogen-bond donors (Lipinski definition) is 1. The summed E-state index contributed by atoms with van der Waals surface area (Å²) in [5.41, 5.74) is 5.29. The zero-order valence-corrected chi connectivity index (χ0v) is 16.1. The number of benzene rings is 3. The van der Waals surface area contributed by atoms with Crippen LogP contribution in [0.3, 0.4) is 0 Å². The van der Waals surface area contributed by atoms with Gasteiger partial charge in [0.15, 0.2) is 0 Å². The molecule has 1 N–H and O–H groups in total. The summed E-state index contributed by atoms with van der Waals surface area (Å²) >= 11 is 0. The van der Waals surface area contributed by atoms with Gasteiger partial charge < -0.3 is 4.74 Å². The molecule has 0 aromatic heterocycles. The third-order valence-corrected chi connectivity index (χ3v) is 6.22. The fourth-order valence-electron chi connectivity index (χ4n) is 3.51. The quantitative estimate of drug-likeness (QED) is 0.720. The van der Waals surface area contributed by atoms with Crippen molar-refractivity contribution in [2.24, 2.45) is 0 Å². The van der Waals surface area contributed by atoms with Gasteiger partial charge in [-0.15, -0.1) is 0 Å². The Morgan fingerprint density at radius 1 is 0.893 bits per heavy atom. The molecule has 142 valence electrons. The summed E-state index contributed by atoms with van der Waals surface area (Å²) in [7, 11) is -3.97. The van der Waals surface area contributed by atoms with Gasteiger partial charge in [0, 0.05) is 5.92 Å². The van der Waals surface area contributed by atoms with Crippen LogP contribution in [0, 0.1) is 6.92 Å². The van der Waals surface area contributed by atoms with Crippen molar-refractivity contribution in [3.05, 3.63) is 89.5 Å². The maximum Gasteiger partial charge on any atom is 0.421 e. The molecule has 0 atom stereocenters. The second-order valence-corrected chi connectivity index (χ2v) is 8.43. The van der Waals surface area contributed by atoms with Crippen LogP contribution in [0.5, 0.6) is 0 Å². The minimum atomic E-state index is -3.97. The molecule has 1 amide bonds. The van der Waals surface area contributed by atoms with Gasteiger partial charge >= 0.3 is 6.09 Å². The molecule has 4 rings (SSSR count). The Balaban J connectivity index is 1.49. The van der Waals surface area contributed by atoms with E-state index in [0.29, 0.717) is 0 Å². The summed E-state index contributed by atoms with van der Waals surface area (Å²) in [6.07, 6.45) is -0.984. The van der Waals surface area contributed by atoms with Gasteiger partial charge in [-0.1, -0.05) is 66.2 Å². The molecule has 0 heterocycles. The normalized spacial score (nSPS) is 12.9. The number of carbonyl (C=O) groups excluding carboxylic acids is 1. The van der Waals surface area contributed by atoms with Crippen molar-refractivity contribution in [3.8, 4) is 11.1 Å². The van der Waals surface area contributed by atoms with Crippen molar-refractivity contribution >= 4 is 16.1 Å². The molecule has 3 aromatic carbocycles. The molecule has 0 bridgehead atoms. The van der Waals surface area contributed by atoms with Gasteiger partial charge in [-0.3, -0.25) is 0 Å². The number of sulfonamides is 1. The van der Waals surface area contributed by atoms with Gasteiger partial charge in [-0.25, -0.2) is 17.9 Å². The highest BCUT2D eigenvalue weighted by Gasteiger charge is 2.29. The Hall–Kier alpha value is -3.12. The first-order valence-electron chi connectivity index (χ1n) is 8.90. The first-order chi connectivity index (χ1) is 13.5. The van der Waals surface area contributed by atoms with Crippen LogP contribution < -0.4 is 4.72 Å². The van der Waals surface area contributed by atoms with Crippen LogP contribution >= 0.6 is 0 Å². The lowest BCUT2D eigenvalue weighted by atomic mass is 9.98. The second kappa shape index (κ2) is 7.13. The maximum absolute atomic E-state index is 12.3. The topological polar surface area (TPSA) is 72.5 Å². The van der Waals surface area contributed by atoms with Crippen LogP contribution in [-0.2, 0) is 14.8 Å². The molecular formula is C22H19NO4S. The van der Waals surface area contributed by atoms with Crippen LogP contribution in [0.4, 0.5) is 4.79 Å². The van der Waals surface area contributed by atoms with Crippen LogP contribution in [0.1, 0.15) is 22.6 Å². The highest BCUT2D eigenvalue weighted by molar-refractivity contribution is 7.90. The zero-order chi connectivity index (χ0) is 19.7. The summed E-state index contributed by atoms with van der Waals surface area (Å²) in [4.78, 5) is 12.2. The van der Waals surface area contributed by atoms with Crippen molar-refractivity contribution in [2.45, 2.75) is 17.7 Å². The molecule has 0 aliphatic heterocycles. The van der Waals surface area contributed by atoms with Gasteiger partial charge in [-0.05, 0) is 41.3 Å². The first kappa shape index (κ1) is 18.3. The molecular weight excluding hydrogens is 374 g/mol. The number of carbonyl (C=O) groups is 1. The standard InChI is InChI=1S/C22H19NO4S/c1-15-10-12-16(13-11-15)28(25,26)23-22(24)27-14-21-19-8-4-2-6-17(19)18-7-3-5-9-20(18)21/h2-13,21H,14H2,1H3,(H,23,24). The van der Waals surface area contributed by atoms with E-state index in [1.54, 1.807) is 12.1 Å². The highest BCUT2D eigenvalue weighted by Crippen LogP contribution is 2.44. The van der Waals surface area contributed by atoms with E-state index in [2.05, 4.69) is 0 Å². The Labute approximate surface area is 164 Å². The number of aryl methyl sites for hydroxylation is 1. The molecule has 28 heavy (non-hydrogen) atoms. The van der Waals surface area contributed by atoms with E-state index in [9.17, 15) is 13.2 Å². The number of nitrogens with one attached hydrogen (secondary N) is 1. The molecule has 0 saturated carbocycles. The third kappa shape index (κ3) is 3.39. The average molecular weight is 393 g/mol. The molecule has 0 fully saturated rings. The lowest BCUT2D eigenvalue weighted by Crippen LogP contribution is -2.32. The largest absolute Gasteiger partial charge is 0.448 e. The molecule has 1 aliphatic carbocycles. The summed E-state index contributed by atoms with van der Waals surface area (Å²) in [5.74, 6) is -0.125. The van der Waals surface area contributed by atoms with Crippen LogP contribution in [0.15, 0.2) is 77.7 Å². The van der Waals surface area contributed by atoms with E-state index in [4.69, 9.17) is 4.74 Å². The fraction of sp³-hybridized carbons (Fsp3) is 0.136. The zero-order valence-electron chi connectivity index (χ0n) is 15.3. The average Bonchev–Trinajstić information content (AvgIpc) is 3.00. The molecule has 1 aliphatic rings. The van der Waals surface area contributed by atoms with Gasteiger partial charge in [-0.2, -0.15) is 0 Å². The molecule has 3 aromatic rings. The highest BCUT2D eigenvalue weighted by atomic mass is 32.2. The van der Waals surface area contributed by atoms with Gasteiger partial charge in [0.05, 0.1) is 4.90 Å². The van der Waals surface area contributed by atoms with Crippen LogP contribution in [-0.4, -0.2) is 21.1 Å². The SMILES string of the molecule is Cc1ccc(S(=O)(=O)NC(=O)OCC2c3ccccc3-c3ccccc32)cc1. The number of amides is 1. The van der Waals surface area contributed by atoms with Crippen molar-refractivity contribution in [3.63, 3.8) is 0 Å². The first-order valence-corrected chi connectivity index (χ1v) is 10.4. The van der Waals surface area contributed by atoms with Gasteiger partial charge in [0.25, 0.3) is 10.0 Å². The maximum atomic E-state index is 12.3. The van der Waals surface area contributed by atoms with Crippen molar-refractivity contribution in [2.75, 3.05) is 6.61 Å². The second-order valence-electron chi connectivity index (χ2n) is 6.74. The fourth-order valence-corrected chi connectivity index (χ4v) is 4.40. The molecule has 6 heteroatoms. The van der Waals surface area contributed by atoms with E-state index < -0.39 is 16.1 Å². The number of hydrogen-bond acceptors (Lipinski definition) is 4. The predicted molar refractivity (Wildman–Crippen MR) is 107 cm³/mol. The van der Waals surface area contributed by atoms with Crippen LogP contribution in [0.2, 0.25) is 0 Å². The summed E-state index contributed by atoms with van der Waals surface area (Å²) in [6, 6.07) is 22.2. The van der Waals surface area contributed by atoms with E-state index in [-0.39, 0.29) is 17.4 Å². The monoisotopic (exact) mass is 393 g/mol. The van der Waals surface area contributed by atoms with E-state index >= 15 is 0 Å². The summed E-state index contributed by atoms with van der Waals surface area (Å²) < 4.78 is 31.9. The van der Waals surface area contributed by atoms with Crippen molar-refractivity contribution in [1.82, 2.24) is 4.72 Å². The van der Waals surface area contributed by atoms with Crippen molar-refractivity contribution in [1.29, 1.82) is 0 Å². The molecule has 0 unspecified atom stereocenters. The Morgan fingerprint density at radius 2 is 1.43 bits per heavy atom. The summed E-state index contributed by atoms with van der Waals surface area (Å²) in [6.45, 7) is 1.92. The lowest BCUT2D eigenvalue weighted by Gasteiger charge is -2.14. The van der Waals surface area contributed by atoms with Crippen molar-refractivity contribution < 1.29 is 17.9 Å². The minimum absolute atomic E-state index is 0.0200. The van der Waals surface area contributed by atoms with Gasteiger partial charge in [0.2, 0.25) is 0 Å². The lowest BCUT2D eigenvalue weighted by molar-refractivity contribution is 0.149. The van der Waals surface area contributed by atoms with E-state index in [1.165, 1.54) is 12.1 Å². The van der Waals surface area contributed by atoms with Gasteiger partial charge in [0.1, 0.15) is 6.61 Å². The van der Waals surface area contributed by atoms with Crippen LogP contribution in [0.25, 0.3) is 11.1 Å². The predicted octanol–water partition coefficient (Wildman–Crippen LogP) is 4.22. The minimum Gasteiger partial charge on any atom is -0.448 e. The summed E-state index contributed by atoms with van der Waals surface area (Å²) in [5, 5.41) is 0. The number of rotatable bonds is 4. The Kier molecular flexibility index (Phi) is 4.65. The number of ether oxygens (including phenoxy) is 1. The third-order valence-electron chi connectivity index (χ3n) is 4.89. The number of fused-ring (bicyclic) bond motifs is 3. The molecule has 0 spiro atoms. The van der Waals surface area contributed by atoms with E-state index in [0.717, 1.165) is 27.8 Å². The van der Waals surface area contributed by atoms with E-state index in [1.807, 2.05) is 60.2 Å². The molecule has 0 saturated heterocycles. The smallest absolute Gasteiger partial charge is 0.421 e. The molecule has 0 radical (unpaired) electrons. The Morgan fingerprint density at radius 3 is 2.00 bits per heavy atom. The Bertz CT molecular complexity index is 1090.